The van der Waals surface area contributed by atoms with Crippen LogP contribution >= 0.6 is 0 Å². The first-order chi connectivity index (χ1) is 9.25. The van der Waals surface area contributed by atoms with Gasteiger partial charge in [-0.2, -0.15) is 0 Å². The number of nitrogens with one attached hydrogen (secondary N) is 1. The number of hydrogen-bond acceptors (Lipinski definition) is 3. The molecule has 2 rings (SSSR count). The highest BCUT2D eigenvalue weighted by Gasteiger charge is 2.19. The van der Waals surface area contributed by atoms with E-state index in [0.29, 0.717) is 0 Å². The van der Waals surface area contributed by atoms with Crippen LogP contribution in [0.4, 0.5) is 0 Å². The summed E-state index contributed by atoms with van der Waals surface area (Å²) in [4.78, 5) is 5.25. The number of piperazine rings is 1. The van der Waals surface area contributed by atoms with Crippen molar-refractivity contribution in [3.63, 3.8) is 0 Å². The summed E-state index contributed by atoms with van der Waals surface area (Å²) in [6, 6.07) is 1.61. The molecule has 1 heterocycles. The van der Waals surface area contributed by atoms with Crippen molar-refractivity contribution in [1.82, 2.24) is 15.1 Å². The van der Waals surface area contributed by atoms with Gasteiger partial charge in [0.15, 0.2) is 0 Å². The zero-order chi connectivity index (χ0) is 13.5. The lowest BCUT2D eigenvalue weighted by molar-refractivity contribution is 0.107. The summed E-state index contributed by atoms with van der Waals surface area (Å²) in [6.45, 7) is 12.3. The molecule has 0 atom stereocenters. The summed E-state index contributed by atoms with van der Waals surface area (Å²) < 4.78 is 0. The fourth-order valence-corrected chi connectivity index (χ4v) is 2.91. The molecule has 0 amide bonds. The van der Waals surface area contributed by atoms with E-state index in [9.17, 15) is 0 Å². The van der Waals surface area contributed by atoms with Crippen LogP contribution in [0, 0.1) is 0 Å². The van der Waals surface area contributed by atoms with Gasteiger partial charge in [0.25, 0.3) is 0 Å². The lowest BCUT2D eigenvalue weighted by Gasteiger charge is -2.36. The summed E-state index contributed by atoms with van der Waals surface area (Å²) in [6.07, 6.45) is 8.43. The molecule has 2 aliphatic rings. The SMILES string of the molecule is CC(C)N1CCN(CCCCCCNC2CC2)CC1. The normalized spacial score (nSPS) is 22.3. The van der Waals surface area contributed by atoms with Crippen LogP contribution in [-0.2, 0) is 0 Å². The smallest absolute Gasteiger partial charge is 0.0113 e. The number of unbranched alkanes of at least 4 members (excludes halogenated alkanes) is 3. The molecular weight excluding hydrogens is 234 g/mol. The maximum atomic E-state index is 3.60. The molecule has 1 saturated heterocycles. The Labute approximate surface area is 119 Å². The van der Waals surface area contributed by atoms with Crippen LogP contribution in [0.5, 0.6) is 0 Å². The first-order valence-corrected chi connectivity index (χ1v) is 8.45. The van der Waals surface area contributed by atoms with Crippen LogP contribution in [-0.4, -0.2) is 61.2 Å². The molecule has 1 aliphatic heterocycles. The third-order valence-corrected chi connectivity index (χ3v) is 4.55. The third-order valence-electron chi connectivity index (χ3n) is 4.55. The molecular formula is C16H33N3. The molecule has 0 radical (unpaired) electrons. The van der Waals surface area contributed by atoms with E-state index < -0.39 is 0 Å². The molecule has 19 heavy (non-hydrogen) atoms. The van der Waals surface area contributed by atoms with Gasteiger partial charge in [0.05, 0.1) is 0 Å². The Bertz CT molecular complexity index is 230. The molecule has 112 valence electrons. The van der Waals surface area contributed by atoms with Gasteiger partial charge in [0.1, 0.15) is 0 Å². The van der Waals surface area contributed by atoms with Crippen molar-refractivity contribution < 1.29 is 0 Å². The Balaban J connectivity index is 1.39. The minimum Gasteiger partial charge on any atom is -0.314 e. The van der Waals surface area contributed by atoms with Crippen molar-refractivity contribution in [3.05, 3.63) is 0 Å². The predicted octanol–water partition coefficient (Wildman–Crippen LogP) is 2.32. The van der Waals surface area contributed by atoms with Crippen LogP contribution < -0.4 is 5.32 Å². The molecule has 0 bridgehead atoms. The zero-order valence-electron chi connectivity index (χ0n) is 13.0. The van der Waals surface area contributed by atoms with Crippen LogP contribution in [0.25, 0.3) is 0 Å². The van der Waals surface area contributed by atoms with Crippen LogP contribution in [0.1, 0.15) is 52.4 Å². The van der Waals surface area contributed by atoms with Crippen molar-refractivity contribution in [2.45, 2.75) is 64.5 Å². The lowest BCUT2D eigenvalue weighted by Crippen LogP contribution is -2.48. The predicted molar refractivity (Wildman–Crippen MR) is 82.6 cm³/mol. The lowest BCUT2D eigenvalue weighted by atomic mass is 10.1. The Morgan fingerprint density at radius 2 is 1.63 bits per heavy atom. The fourth-order valence-electron chi connectivity index (χ4n) is 2.91. The van der Waals surface area contributed by atoms with Gasteiger partial charge in [-0.05, 0) is 52.6 Å². The monoisotopic (exact) mass is 267 g/mol. The second kappa shape index (κ2) is 8.23. The molecule has 2 fully saturated rings. The molecule has 0 unspecified atom stereocenters. The van der Waals surface area contributed by atoms with E-state index >= 15 is 0 Å². The molecule has 3 heteroatoms. The molecule has 0 aromatic rings. The molecule has 1 N–H and O–H groups in total. The van der Waals surface area contributed by atoms with E-state index in [-0.39, 0.29) is 0 Å². The summed E-state index contributed by atoms with van der Waals surface area (Å²) in [7, 11) is 0. The molecule has 1 aliphatic carbocycles. The minimum atomic E-state index is 0.723. The molecule has 3 nitrogen and oxygen atoms in total. The third kappa shape index (κ3) is 6.24. The quantitative estimate of drug-likeness (QED) is 0.647. The van der Waals surface area contributed by atoms with Gasteiger partial charge in [0, 0.05) is 38.3 Å². The second-order valence-corrected chi connectivity index (χ2v) is 6.61. The van der Waals surface area contributed by atoms with E-state index in [2.05, 4.69) is 29.0 Å². The minimum absolute atomic E-state index is 0.723. The Morgan fingerprint density at radius 3 is 2.26 bits per heavy atom. The van der Waals surface area contributed by atoms with Crippen LogP contribution in [0.15, 0.2) is 0 Å². The molecule has 0 spiro atoms. The summed E-state index contributed by atoms with van der Waals surface area (Å²) in [5.41, 5.74) is 0. The van der Waals surface area contributed by atoms with E-state index in [1.165, 1.54) is 77.8 Å². The Kier molecular flexibility index (Phi) is 6.62. The van der Waals surface area contributed by atoms with Gasteiger partial charge in [-0.3, -0.25) is 4.90 Å². The highest BCUT2D eigenvalue weighted by Crippen LogP contribution is 2.18. The van der Waals surface area contributed by atoms with Crippen molar-refractivity contribution in [3.8, 4) is 0 Å². The summed E-state index contributed by atoms with van der Waals surface area (Å²) in [5, 5.41) is 3.60. The Morgan fingerprint density at radius 1 is 0.947 bits per heavy atom. The zero-order valence-corrected chi connectivity index (χ0v) is 13.0. The fraction of sp³-hybridized carbons (Fsp3) is 1.00. The largest absolute Gasteiger partial charge is 0.314 e. The number of nitrogens with zero attached hydrogens (tertiary/aromatic N) is 2. The first-order valence-electron chi connectivity index (χ1n) is 8.45. The standard InChI is InChI=1S/C16H33N3/c1-15(2)19-13-11-18(12-14-19)10-6-4-3-5-9-17-16-7-8-16/h15-17H,3-14H2,1-2H3. The van der Waals surface area contributed by atoms with Gasteiger partial charge < -0.3 is 10.2 Å². The maximum absolute atomic E-state index is 3.60. The highest BCUT2D eigenvalue weighted by molar-refractivity contribution is 4.80. The average molecular weight is 267 g/mol. The first kappa shape index (κ1) is 15.3. The van der Waals surface area contributed by atoms with Gasteiger partial charge in [0.2, 0.25) is 0 Å². The molecule has 0 aromatic carbocycles. The number of rotatable bonds is 9. The van der Waals surface area contributed by atoms with Gasteiger partial charge >= 0.3 is 0 Å². The van der Waals surface area contributed by atoms with Crippen LogP contribution in [0.2, 0.25) is 0 Å². The number of hydrogen-bond donors (Lipinski definition) is 1. The van der Waals surface area contributed by atoms with Crippen LogP contribution in [0.3, 0.4) is 0 Å². The van der Waals surface area contributed by atoms with Gasteiger partial charge in [-0.1, -0.05) is 12.8 Å². The van der Waals surface area contributed by atoms with Crippen molar-refractivity contribution in [2.75, 3.05) is 39.3 Å². The maximum Gasteiger partial charge on any atom is 0.0113 e. The van der Waals surface area contributed by atoms with Crippen molar-refractivity contribution in [1.29, 1.82) is 0 Å². The van der Waals surface area contributed by atoms with Crippen molar-refractivity contribution >= 4 is 0 Å². The topological polar surface area (TPSA) is 18.5 Å². The average Bonchev–Trinajstić information content (AvgIpc) is 3.22. The summed E-state index contributed by atoms with van der Waals surface area (Å²) >= 11 is 0. The summed E-state index contributed by atoms with van der Waals surface area (Å²) in [5.74, 6) is 0. The van der Waals surface area contributed by atoms with E-state index in [0.717, 1.165) is 12.1 Å². The molecule has 0 aromatic heterocycles. The van der Waals surface area contributed by atoms with Gasteiger partial charge in [-0.25, -0.2) is 0 Å². The van der Waals surface area contributed by atoms with E-state index in [4.69, 9.17) is 0 Å². The second-order valence-electron chi connectivity index (χ2n) is 6.61. The molecule has 1 saturated carbocycles. The Hall–Kier alpha value is -0.120. The van der Waals surface area contributed by atoms with Gasteiger partial charge in [-0.15, -0.1) is 0 Å². The van der Waals surface area contributed by atoms with E-state index in [1.54, 1.807) is 0 Å². The van der Waals surface area contributed by atoms with Crippen molar-refractivity contribution in [2.24, 2.45) is 0 Å². The highest BCUT2D eigenvalue weighted by atomic mass is 15.3. The van der Waals surface area contributed by atoms with E-state index in [1.807, 2.05) is 0 Å².